The lowest BCUT2D eigenvalue weighted by atomic mass is 10.2. The summed E-state index contributed by atoms with van der Waals surface area (Å²) < 4.78 is 75.7. The summed E-state index contributed by atoms with van der Waals surface area (Å²) in [5, 5.41) is 1.15. The van der Waals surface area contributed by atoms with Gasteiger partial charge in [-0.1, -0.05) is 30.3 Å². The van der Waals surface area contributed by atoms with E-state index in [-0.39, 0.29) is 5.56 Å². The lowest BCUT2D eigenvalue weighted by Crippen LogP contribution is -2.58. The fourth-order valence-corrected chi connectivity index (χ4v) is 1.46. The van der Waals surface area contributed by atoms with Gasteiger partial charge >= 0.3 is 12.6 Å². The fourth-order valence-electron chi connectivity index (χ4n) is 1.46. The van der Waals surface area contributed by atoms with E-state index in [1.807, 2.05) is 0 Å². The Morgan fingerprint density at radius 3 is 1.95 bits per heavy atom. The van der Waals surface area contributed by atoms with E-state index in [0.717, 1.165) is 0 Å². The van der Waals surface area contributed by atoms with Crippen LogP contribution in [0.15, 0.2) is 35.4 Å². The molecule has 19 heavy (non-hydrogen) atoms. The largest absolute Gasteiger partial charge is 0.502 e. The standard InChI is InChI=1S/C9H6F6N4/c10-8(11,12)18-7(6-4-2-1-3-5-6)16-17-19(18)9(13,14)15/h1-5,17H. The number of nitrogens with zero attached hydrogens (tertiary/aromatic N) is 3. The summed E-state index contributed by atoms with van der Waals surface area (Å²) in [6.45, 7) is 0. The van der Waals surface area contributed by atoms with Gasteiger partial charge in [0, 0.05) is 5.56 Å². The summed E-state index contributed by atoms with van der Waals surface area (Å²) in [7, 11) is 0. The number of halogens is 6. The number of hydrogen-bond acceptors (Lipinski definition) is 4. The Hall–Kier alpha value is -1.97. The highest BCUT2D eigenvalue weighted by Gasteiger charge is 2.56. The fraction of sp³-hybridized carbons (Fsp3) is 0.222. The molecule has 0 bridgehead atoms. The van der Waals surface area contributed by atoms with E-state index >= 15 is 0 Å². The molecule has 0 amide bonds. The summed E-state index contributed by atoms with van der Waals surface area (Å²) in [5.41, 5.74) is 1.21. The van der Waals surface area contributed by atoms with Crippen molar-refractivity contribution in [1.29, 1.82) is 0 Å². The molecule has 0 unspecified atom stereocenters. The van der Waals surface area contributed by atoms with Crippen LogP contribution in [0.3, 0.4) is 0 Å². The molecule has 0 saturated heterocycles. The SMILES string of the molecule is FC(F)(F)N1NN=C(c2ccccc2)N1C(F)(F)F. The summed E-state index contributed by atoms with van der Waals surface area (Å²) in [5.74, 6) is -0.884. The van der Waals surface area contributed by atoms with Gasteiger partial charge in [0.15, 0.2) is 5.84 Å². The van der Waals surface area contributed by atoms with E-state index < -0.39 is 28.6 Å². The molecule has 0 radical (unpaired) electrons. The molecule has 0 saturated carbocycles. The van der Waals surface area contributed by atoms with Crippen LogP contribution in [-0.2, 0) is 0 Å². The van der Waals surface area contributed by atoms with E-state index in [1.54, 1.807) is 0 Å². The highest BCUT2D eigenvalue weighted by molar-refractivity contribution is 5.99. The van der Waals surface area contributed by atoms with Gasteiger partial charge in [-0.15, -0.1) is 18.3 Å². The second kappa shape index (κ2) is 4.30. The average Bonchev–Trinajstić information content (AvgIpc) is 2.74. The van der Waals surface area contributed by atoms with Crippen LogP contribution in [0, 0.1) is 0 Å². The quantitative estimate of drug-likeness (QED) is 0.634. The molecule has 4 nitrogen and oxygen atoms in total. The monoisotopic (exact) mass is 284 g/mol. The van der Waals surface area contributed by atoms with Gasteiger partial charge in [0.1, 0.15) is 0 Å². The molecule has 1 aliphatic heterocycles. The highest BCUT2D eigenvalue weighted by atomic mass is 19.4. The van der Waals surface area contributed by atoms with Crippen LogP contribution in [0.5, 0.6) is 0 Å². The molecule has 10 heteroatoms. The zero-order valence-electron chi connectivity index (χ0n) is 9.00. The molecule has 0 fully saturated rings. The van der Waals surface area contributed by atoms with Gasteiger partial charge < -0.3 is 0 Å². The van der Waals surface area contributed by atoms with Gasteiger partial charge in [-0.3, -0.25) is 0 Å². The highest BCUT2D eigenvalue weighted by Crippen LogP contribution is 2.34. The Labute approximate surface area is 102 Å². The molecule has 0 spiro atoms. The molecule has 1 aromatic rings. The Balaban J connectivity index is 2.41. The van der Waals surface area contributed by atoms with Crippen LogP contribution in [0.25, 0.3) is 0 Å². The minimum absolute atomic E-state index is 0.0981. The number of amidine groups is 1. The first-order chi connectivity index (χ1) is 8.71. The van der Waals surface area contributed by atoms with Crippen LogP contribution in [0.4, 0.5) is 26.3 Å². The Morgan fingerprint density at radius 2 is 1.47 bits per heavy atom. The van der Waals surface area contributed by atoms with Gasteiger partial charge in [0.2, 0.25) is 0 Å². The maximum atomic E-state index is 12.7. The molecular weight excluding hydrogens is 278 g/mol. The van der Waals surface area contributed by atoms with Crippen molar-refractivity contribution >= 4 is 5.84 Å². The maximum Gasteiger partial charge on any atom is 0.502 e. The summed E-state index contributed by atoms with van der Waals surface area (Å²) in [4.78, 5) is 0. The number of nitrogens with one attached hydrogen (secondary N) is 1. The molecule has 1 N–H and O–H groups in total. The Kier molecular flexibility index (Phi) is 3.04. The molecule has 1 aromatic carbocycles. The van der Waals surface area contributed by atoms with Crippen molar-refractivity contribution in [2.75, 3.05) is 0 Å². The number of hydrazone groups is 1. The topological polar surface area (TPSA) is 30.9 Å². The lowest BCUT2D eigenvalue weighted by Gasteiger charge is -2.31. The van der Waals surface area contributed by atoms with Crippen LogP contribution in [0.1, 0.15) is 5.56 Å². The van der Waals surface area contributed by atoms with E-state index in [1.165, 1.54) is 35.9 Å². The number of alkyl halides is 6. The van der Waals surface area contributed by atoms with Crippen molar-refractivity contribution in [3.05, 3.63) is 35.9 Å². The molecule has 0 aliphatic carbocycles. The lowest BCUT2D eigenvalue weighted by molar-refractivity contribution is -0.382. The third-order valence-electron chi connectivity index (χ3n) is 2.16. The summed E-state index contributed by atoms with van der Waals surface area (Å²) >= 11 is 0. The number of rotatable bonds is 1. The molecule has 104 valence electrons. The van der Waals surface area contributed by atoms with Crippen molar-refractivity contribution in [3.63, 3.8) is 0 Å². The molecule has 1 heterocycles. The van der Waals surface area contributed by atoms with E-state index in [9.17, 15) is 26.3 Å². The third-order valence-corrected chi connectivity index (χ3v) is 2.16. The summed E-state index contributed by atoms with van der Waals surface area (Å²) in [6, 6.07) is 6.75. The average molecular weight is 284 g/mol. The van der Waals surface area contributed by atoms with Gasteiger partial charge in [0.05, 0.1) is 0 Å². The third kappa shape index (κ3) is 2.57. The predicted molar refractivity (Wildman–Crippen MR) is 51.9 cm³/mol. The van der Waals surface area contributed by atoms with Crippen LogP contribution < -0.4 is 5.53 Å². The zero-order chi connectivity index (χ0) is 14.3. The zero-order valence-corrected chi connectivity index (χ0v) is 9.00. The van der Waals surface area contributed by atoms with Crippen LogP contribution in [-0.4, -0.2) is 28.6 Å². The minimum atomic E-state index is -5.27. The first-order valence-electron chi connectivity index (χ1n) is 4.84. The second-order valence-corrected chi connectivity index (χ2v) is 3.46. The molecule has 2 rings (SSSR count). The van der Waals surface area contributed by atoms with Gasteiger partial charge in [-0.25, -0.2) is 5.53 Å². The first kappa shape index (κ1) is 13.5. The summed E-state index contributed by atoms with van der Waals surface area (Å²) in [6.07, 6.45) is -10.5. The smallest absolute Gasteiger partial charge is 0.212 e. The van der Waals surface area contributed by atoms with Crippen LogP contribution in [0.2, 0.25) is 0 Å². The van der Waals surface area contributed by atoms with Crippen molar-refractivity contribution in [3.8, 4) is 0 Å². The minimum Gasteiger partial charge on any atom is -0.212 e. The maximum absolute atomic E-state index is 12.7. The molecular formula is C9H6F6N4. The van der Waals surface area contributed by atoms with Crippen LogP contribution >= 0.6 is 0 Å². The first-order valence-corrected chi connectivity index (χ1v) is 4.84. The van der Waals surface area contributed by atoms with Crippen molar-refractivity contribution in [2.24, 2.45) is 5.10 Å². The molecule has 0 aromatic heterocycles. The number of hydrogen-bond donors (Lipinski definition) is 1. The van der Waals surface area contributed by atoms with Crippen molar-refractivity contribution < 1.29 is 26.3 Å². The predicted octanol–water partition coefficient (Wildman–Crippen LogP) is 2.43. The Bertz CT molecular complexity index is 480. The second-order valence-electron chi connectivity index (χ2n) is 3.46. The van der Waals surface area contributed by atoms with Gasteiger partial charge in [0.25, 0.3) is 0 Å². The number of hydrazine groups is 2. The van der Waals surface area contributed by atoms with Gasteiger partial charge in [-0.2, -0.15) is 18.2 Å². The van der Waals surface area contributed by atoms with Crippen molar-refractivity contribution in [1.82, 2.24) is 15.7 Å². The number of benzene rings is 1. The normalized spacial score (nSPS) is 17.4. The Morgan fingerprint density at radius 1 is 0.895 bits per heavy atom. The van der Waals surface area contributed by atoms with E-state index in [4.69, 9.17) is 0 Å². The van der Waals surface area contributed by atoms with E-state index in [0.29, 0.717) is 0 Å². The van der Waals surface area contributed by atoms with Crippen molar-refractivity contribution in [2.45, 2.75) is 12.6 Å². The van der Waals surface area contributed by atoms with Gasteiger partial charge in [-0.05, 0) is 5.12 Å². The molecule has 1 aliphatic rings. The van der Waals surface area contributed by atoms with E-state index in [2.05, 4.69) is 5.10 Å². The molecule has 0 atom stereocenters.